The minimum atomic E-state index is -0.252. The molecule has 6 heteroatoms. The molecule has 2 rings (SSSR count). The summed E-state index contributed by atoms with van der Waals surface area (Å²) in [4.78, 5) is 2.06. The number of aromatic nitrogens is 2. The number of thiocarbonyl (C=S) groups is 1. The van der Waals surface area contributed by atoms with Gasteiger partial charge < -0.3 is 10.6 Å². The van der Waals surface area contributed by atoms with E-state index in [4.69, 9.17) is 18.0 Å². The van der Waals surface area contributed by atoms with Crippen LogP contribution in [0.4, 0.5) is 10.2 Å². The molecule has 0 aliphatic rings. The minimum Gasteiger partial charge on any atom is -0.389 e. The van der Waals surface area contributed by atoms with E-state index in [2.05, 4.69) is 10.2 Å². The van der Waals surface area contributed by atoms with Gasteiger partial charge in [-0.25, -0.2) is 4.39 Å². The monoisotopic (exact) mass is 304 g/mol. The number of rotatable bonds is 4. The lowest BCUT2D eigenvalue weighted by Crippen LogP contribution is -2.25. The Labute approximate surface area is 128 Å². The number of hydrogen-bond acceptors (Lipinski definition) is 4. The van der Waals surface area contributed by atoms with Gasteiger partial charge in [-0.15, -0.1) is 5.10 Å². The molecule has 0 unspecified atom stereocenters. The third-order valence-corrected chi connectivity index (χ3v) is 3.61. The van der Waals surface area contributed by atoms with Gasteiger partial charge in [0.1, 0.15) is 10.8 Å². The summed E-state index contributed by atoms with van der Waals surface area (Å²) in [5.41, 5.74) is 8.75. The van der Waals surface area contributed by atoms with Crippen molar-refractivity contribution in [1.29, 1.82) is 0 Å². The fourth-order valence-corrected chi connectivity index (χ4v) is 2.36. The first kappa shape index (κ1) is 15.3. The van der Waals surface area contributed by atoms with Gasteiger partial charge in [-0.1, -0.05) is 30.4 Å². The van der Waals surface area contributed by atoms with E-state index in [-0.39, 0.29) is 10.8 Å². The van der Waals surface area contributed by atoms with Crippen LogP contribution in [0.15, 0.2) is 24.3 Å². The maximum Gasteiger partial charge on any atom is 0.161 e. The summed E-state index contributed by atoms with van der Waals surface area (Å²) in [6.45, 7) is 4.11. The number of benzene rings is 1. The molecule has 0 aliphatic carbocycles. The highest BCUT2D eigenvalue weighted by Crippen LogP contribution is 2.23. The maximum atomic E-state index is 13.8. The van der Waals surface area contributed by atoms with Crippen molar-refractivity contribution < 1.29 is 4.39 Å². The Kier molecular flexibility index (Phi) is 4.47. The highest BCUT2D eigenvalue weighted by atomic mass is 32.1. The van der Waals surface area contributed by atoms with E-state index in [0.717, 1.165) is 11.3 Å². The van der Waals surface area contributed by atoms with Crippen molar-refractivity contribution in [3.63, 3.8) is 0 Å². The van der Waals surface area contributed by atoms with Gasteiger partial charge in [-0.3, -0.25) is 0 Å². The third kappa shape index (κ3) is 3.16. The number of nitrogens with zero attached hydrogens (tertiary/aromatic N) is 3. The molecule has 2 N–H and O–H groups in total. The molecule has 0 spiro atoms. The zero-order valence-electron chi connectivity index (χ0n) is 12.2. The van der Waals surface area contributed by atoms with Crippen LogP contribution in [0, 0.1) is 19.7 Å². The van der Waals surface area contributed by atoms with E-state index in [1.165, 1.54) is 6.07 Å². The van der Waals surface area contributed by atoms with E-state index in [0.29, 0.717) is 23.5 Å². The van der Waals surface area contributed by atoms with Crippen molar-refractivity contribution in [1.82, 2.24) is 10.2 Å². The molecule has 0 aliphatic heterocycles. The Morgan fingerprint density at radius 2 is 1.95 bits per heavy atom. The first-order valence-corrected chi connectivity index (χ1v) is 6.91. The molecule has 2 aromatic rings. The molecule has 1 aromatic carbocycles. The van der Waals surface area contributed by atoms with Crippen LogP contribution >= 0.6 is 12.2 Å². The topological polar surface area (TPSA) is 55.0 Å². The number of halogens is 1. The van der Waals surface area contributed by atoms with Crippen molar-refractivity contribution in [2.75, 3.05) is 11.9 Å². The number of aryl methyl sites for hydroxylation is 1. The Morgan fingerprint density at radius 1 is 1.29 bits per heavy atom. The third-order valence-electron chi connectivity index (χ3n) is 3.41. The van der Waals surface area contributed by atoms with Crippen molar-refractivity contribution in [2.24, 2.45) is 5.73 Å². The SMILES string of the molecule is Cc1nnc(N(C)Cc2ccccc2F)c(C(N)=S)c1C. The number of hydrogen-bond donors (Lipinski definition) is 1. The lowest BCUT2D eigenvalue weighted by atomic mass is 10.1. The summed E-state index contributed by atoms with van der Waals surface area (Å²) in [6.07, 6.45) is 0. The molecule has 110 valence electrons. The Hall–Kier alpha value is -2.08. The number of anilines is 1. The summed E-state index contributed by atoms with van der Waals surface area (Å²) in [5.74, 6) is 0.312. The largest absolute Gasteiger partial charge is 0.389 e. The van der Waals surface area contributed by atoms with Crippen LogP contribution in [-0.2, 0) is 6.54 Å². The lowest BCUT2D eigenvalue weighted by molar-refractivity contribution is 0.607. The van der Waals surface area contributed by atoms with Crippen LogP contribution in [0.2, 0.25) is 0 Å². The summed E-state index contributed by atoms with van der Waals surface area (Å²) >= 11 is 5.12. The molecule has 21 heavy (non-hydrogen) atoms. The van der Waals surface area contributed by atoms with Crippen molar-refractivity contribution in [3.05, 3.63) is 52.5 Å². The summed E-state index contributed by atoms with van der Waals surface area (Å²) < 4.78 is 13.8. The first-order chi connectivity index (χ1) is 9.91. The van der Waals surface area contributed by atoms with E-state index < -0.39 is 0 Å². The molecule has 0 saturated heterocycles. The van der Waals surface area contributed by atoms with Gasteiger partial charge in [0.15, 0.2) is 5.82 Å². The van der Waals surface area contributed by atoms with E-state index >= 15 is 0 Å². The lowest BCUT2D eigenvalue weighted by Gasteiger charge is -2.22. The molecule has 0 bridgehead atoms. The highest BCUT2D eigenvalue weighted by molar-refractivity contribution is 7.80. The van der Waals surface area contributed by atoms with Crippen molar-refractivity contribution >= 4 is 23.0 Å². The average molecular weight is 304 g/mol. The van der Waals surface area contributed by atoms with Gasteiger partial charge in [0, 0.05) is 19.2 Å². The maximum absolute atomic E-state index is 13.8. The van der Waals surface area contributed by atoms with Gasteiger partial charge in [0.25, 0.3) is 0 Å². The second kappa shape index (κ2) is 6.13. The zero-order chi connectivity index (χ0) is 15.6. The second-order valence-electron chi connectivity index (χ2n) is 4.92. The fraction of sp³-hybridized carbons (Fsp3) is 0.267. The standard InChI is InChI=1S/C15H17FN4S/c1-9-10(2)18-19-15(13(9)14(17)21)20(3)8-11-6-4-5-7-12(11)16/h4-7H,8H2,1-3H3,(H2,17,21). The smallest absolute Gasteiger partial charge is 0.161 e. The molecule has 0 saturated carbocycles. The summed E-state index contributed by atoms with van der Waals surface area (Å²) in [6, 6.07) is 6.63. The fourth-order valence-electron chi connectivity index (χ4n) is 2.12. The Balaban J connectivity index is 2.40. The molecule has 4 nitrogen and oxygen atoms in total. The highest BCUT2D eigenvalue weighted by Gasteiger charge is 2.17. The van der Waals surface area contributed by atoms with E-state index in [1.54, 1.807) is 23.1 Å². The Bertz CT molecular complexity index is 687. The normalized spacial score (nSPS) is 10.5. The van der Waals surface area contributed by atoms with Crippen LogP contribution in [0.1, 0.15) is 22.4 Å². The predicted octanol–water partition coefficient (Wildman–Crippen LogP) is 2.50. The average Bonchev–Trinajstić information content (AvgIpc) is 2.43. The van der Waals surface area contributed by atoms with Gasteiger partial charge in [-0.2, -0.15) is 5.10 Å². The van der Waals surface area contributed by atoms with E-state index in [9.17, 15) is 4.39 Å². The molecule has 0 radical (unpaired) electrons. The molecule has 0 fully saturated rings. The molecule has 1 heterocycles. The van der Waals surface area contributed by atoms with Crippen molar-refractivity contribution in [3.8, 4) is 0 Å². The van der Waals surface area contributed by atoms with Gasteiger partial charge in [-0.05, 0) is 25.5 Å². The van der Waals surface area contributed by atoms with Crippen LogP contribution in [-0.4, -0.2) is 22.2 Å². The zero-order valence-corrected chi connectivity index (χ0v) is 13.0. The van der Waals surface area contributed by atoms with Crippen molar-refractivity contribution in [2.45, 2.75) is 20.4 Å². The van der Waals surface area contributed by atoms with Crippen LogP contribution in [0.5, 0.6) is 0 Å². The molecular weight excluding hydrogens is 287 g/mol. The van der Waals surface area contributed by atoms with Crippen LogP contribution in [0.25, 0.3) is 0 Å². The number of nitrogens with two attached hydrogens (primary N) is 1. The predicted molar refractivity (Wildman–Crippen MR) is 85.9 cm³/mol. The van der Waals surface area contributed by atoms with Gasteiger partial charge in [0.2, 0.25) is 0 Å². The van der Waals surface area contributed by atoms with Crippen LogP contribution < -0.4 is 10.6 Å². The summed E-state index contributed by atoms with van der Waals surface area (Å²) in [5, 5.41) is 8.28. The van der Waals surface area contributed by atoms with E-state index in [1.807, 2.05) is 20.9 Å². The second-order valence-corrected chi connectivity index (χ2v) is 5.36. The Morgan fingerprint density at radius 3 is 2.57 bits per heavy atom. The molecule has 1 aromatic heterocycles. The van der Waals surface area contributed by atoms with Gasteiger partial charge >= 0.3 is 0 Å². The quantitative estimate of drug-likeness (QED) is 0.880. The minimum absolute atomic E-state index is 0.252. The van der Waals surface area contributed by atoms with Gasteiger partial charge in [0.05, 0.1) is 11.3 Å². The van der Waals surface area contributed by atoms with Crippen LogP contribution in [0.3, 0.4) is 0 Å². The summed E-state index contributed by atoms with van der Waals surface area (Å²) in [7, 11) is 1.81. The molecule has 0 amide bonds. The first-order valence-electron chi connectivity index (χ1n) is 6.50. The molecular formula is C15H17FN4S. The molecule has 0 atom stereocenters.